The molecular formula is C13H20N2OS. The van der Waals surface area contributed by atoms with Crippen molar-refractivity contribution in [1.82, 2.24) is 10.0 Å². The van der Waals surface area contributed by atoms with Gasteiger partial charge in [-0.1, -0.05) is 38.1 Å². The maximum absolute atomic E-state index is 12.3. The molecule has 0 saturated heterocycles. The van der Waals surface area contributed by atoms with Crippen LogP contribution in [0.15, 0.2) is 47.6 Å². The number of hydrogen-bond acceptors (Lipinski definition) is 2. The second kappa shape index (κ2) is 6.35. The molecule has 0 aliphatic rings. The fraction of sp³-hybridized carbons (Fsp3) is 0.308. The largest absolute Gasteiger partial charge is 0.372 e. The molecule has 1 unspecified atom stereocenters. The summed E-state index contributed by atoms with van der Waals surface area (Å²) < 4.78 is 15.2. The van der Waals surface area contributed by atoms with Crippen molar-refractivity contribution in [3.8, 4) is 0 Å². The molecule has 0 aliphatic heterocycles. The van der Waals surface area contributed by atoms with Crippen molar-refractivity contribution in [2.45, 2.75) is 24.7 Å². The van der Waals surface area contributed by atoms with Gasteiger partial charge in [-0.25, -0.2) is 4.21 Å². The Balaban J connectivity index is 2.59. The molecule has 0 fully saturated rings. The first-order chi connectivity index (χ1) is 8.06. The van der Waals surface area contributed by atoms with Crippen LogP contribution >= 0.6 is 0 Å². The zero-order valence-corrected chi connectivity index (χ0v) is 11.1. The molecular weight excluding hydrogens is 232 g/mol. The number of benzene rings is 1. The minimum absolute atomic E-state index is 0.558. The van der Waals surface area contributed by atoms with Crippen LogP contribution in [0, 0.1) is 0 Å². The number of hydrogen-bond donors (Lipinski definition) is 2. The molecule has 4 heteroatoms. The molecule has 94 valence electrons. The van der Waals surface area contributed by atoms with E-state index in [4.69, 9.17) is 0 Å². The summed E-state index contributed by atoms with van der Waals surface area (Å²) in [6.45, 7) is 6.74. The first-order valence-corrected chi connectivity index (χ1v) is 7.42. The zero-order chi connectivity index (χ0) is 12.7. The molecule has 17 heavy (non-hydrogen) atoms. The normalized spacial score (nSPS) is 13.7. The third-order valence-electron chi connectivity index (χ3n) is 2.28. The van der Waals surface area contributed by atoms with E-state index < -0.39 is 9.71 Å². The van der Waals surface area contributed by atoms with Crippen molar-refractivity contribution in [3.63, 3.8) is 0 Å². The Morgan fingerprint density at radius 3 is 2.59 bits per heavy atom. The Morgan fingerprint density at radius 1 is 1.35 bits per heavy atom. The van der Waals surface area contributed by atoms with E-state index in [1.165, 1.54) is 0 Å². The lowest BCUT2D eigenvalue weighted by Crippen LogP contribution is -2.31. The highest BCUT2D eigenvalue weighted by molar-refractivity contribution is 7.98. The van der Waals surface area contributed by atoms with Crippen LogP contribution in [0.5, 0.6) is 0 Å². The average Bonchev–Trinajstić information content (AvgIpc) is 2.30. The Bertz CT molecular complexity index is 452. The average molecular weight is 252 g/mol. The highest BCUT2D eigenvalue weighted by atomic mass is 32.2. The maximum Gasteiger partial charge on any atom is 0.103 e. The van der Waals surface area contributed by atoms with E-state index in [9.17, 15) is 4.21 Å². The van der Waals surface area contributed by atoms with E-state index >= 15 is 0 Å². The van der Waals surface area contributed by atoms with Gasteiger partial charge in [-0.2, -0.15) is 0 Å². The van der Waals surface area contributed by atoms with Crippen LogP contribution in [0.25, 0.3) is 0 Å². The van der Waals surface area contributed by atoms with Crippen molar-refractivity contribution in [3.05, 3.63) is 42.7 Å². The first-order valence-electron chi connectivity index (χ1n) is 5.69. The molecule has 1 aromatic carbocycles. The van der Waals surface area contributed by atoms with E-state index in [2.05, 4.69) is 29.4 Å². The predicted molar refractivity (Wildman–Crippen MR) is 75.2 cm³/mol. The summed E-state index contributed by atoms with van der Waals surface area (Å²) in [4.78, 5) is 0.679. The Hall–Kier alpha value is -1.42. The summed E-state index contributed by atoms with van der Waals surface area (Å²) in [5.74, 6) is 4.28. The van der Waals surface area contributed by atoms with Crippen LogP contribution in [-0.4, -0.2) is 16.6 Å². The highest BCUT2D eigenvalue weighted by Crippen LogP contribution is 2.07. The first kappa shape index (κ1) is 13.6. The van der Waals surface area contributed by atoms with Crippen molar-refractivity contribution < 1.29 is 4.21 Å². The van der Waals surface area contributed by atoms with Gasteiger partial charge in [0.1, 0.15) is 5.82 Å². The topological polar surface area (TPSA) is 41.1 Å². The second-order valence-electron chi connectivity index (χ2n) is 3.85. The van der Waals surface area contributed by atoms with Crippen LogP contribution in [0.2, 0.25) is 0 Å². The molecule has 3 nitrogen and oxygen atoms in total. The minimum atomic E-state index is -2.51. The monoisotopic (exact) mass is 252 g/mol. The van der Waals surface area contributed by atoms with Crippen LogP contribution in [-0.2, 0) is 9.71 Å². The number of nitrogens with one attached hydrogen (secondary N) is 2. The van der Waals surface area contributed by atoms with E-state index in [1.54, 1.807) is 12.1 Å². The van der Waals surface area contributed by atoms with Crippen LogP contribution < -0.4 is 10.0 Å². The Labute approximate surface area is 104 Å². The summed E-state index contributed by atoms with van der Waals surface area (Å²) in [6.07, 6.45) is 2.17. The molecule has 2 N–H and O–H groups in total. The smallest absolute Gasteiger partial charge is 0.103 e. The van der Waals surface area contributed by atoms with E-state index in [1.807, 2.05) is 18.2 Å². The minimum Gasteiger partial charge on any atom is -0.372 e. The molecule has 0 spiro atoms. The number of unbranched alkanes of at least 4 members (excludes halogenated alkanes) is 1. The summed E-state index contributed by atoms with van der Waals surface area (Å²) in [5.41, 5.74) is 0. The van der Waals surface area contributed by atoms with Gasteiger partial charge in [-0.3, -0.25) is 4.72 Å². The zero-order valence-electron chi connectivity index (χ0n) is 10.2. The van der Waals surface area contributed by atoms with Gasteiger partial charge in [0.15, 0.2) is 0 Å². The maximum atomic E-state index is 12.3. The Morgan fingerprint density at radius 2 is 2.00 bits per heavy atom. The Kier molecular flexibility index (Phi) is 5.10. The van der Waals surface area contributed by atoms with Gasteiger partial charge in [-0.05, 0) is 24.4 Å². The predicted octanol–water partition coefficient (Wildman–Crippen LogP) is 2.13. The van der Waals surface area contributed by atoms with Gasteiger partial charge in [0.25, 0.3) is 0 Å². The molecule has 1 rings (SSSR count). The SMILES string of the molecule is C=C(NCCCC)NS(=C)(=O)c1ccccc1. The van der Waals surface area contributed by atoms with Crippen LogP contribution in [0.4, 0.5) is 0 Å². The van der Waals surface area contributed by atoms with Crippen LogP contribution in [0.1, 0.15) is 19.8 Å². The van der Waals surface area contributed by atoms with Crippen molar-refractivity contribution in [1.29, 1.82) is 0 Å². The van der Waals surface area contributed by atoms with E-state index in [-0.39, 0.29) is 0 Å². The number of rotatable bonds is 7. The summed E-state index contributed by atoms with van der Waals surface area (Å²) in [7, 11) is -2.51. The molecule has 0 bridgehead atoms. The lowest BCUT2D eigenvalue weighted by Gasteiger charge is -2.16. The molecule has 0 saturated carbocycles. The third kappa shape index (κ3) is 4.53. The van der Waals surface area contributed by atoms with E-state index in [0.29, 0.717) is 10.7 Å². The van der Waals surface area contributed by atoms with Crippen molar-refractivity contribution in [2.75, 3.05) is 6.54 Å². The molecule has 0 amide bonds. The molecule has 0 aliphatic carbocycles. The molecule has 1 atom stereocenters. The fourth-order valence-corrected chi connectivity index (χ4v) is 2.54. The van der Waals surface area contributed by atoms with Gasteiger partial charge in [-0.15, -0.1) is 0 Å². The molecule has 1 aromatic rings. The quantitative estimate of drug-likeness (QED) is 0.576. The van der Waals surface area contributed by atoms with Gasteiger partial charge in [0, 0.05) is 11.4 Å². The lowest BCUT2D eigenvalue weighted by atomic mass is 10.3. The summed E-state index contributed by atoms with van der Waals surface area (Å²) in [6, 6.07) is 9.15. The lowest BCUT2D eigenvalue weighted by molar-refractivity contribution is 0.662. The molecule has 0 radical (unpaired) electrons. The molecule has 0 aromatic heterocycles. The van der Waals surface area contributed by atoms with Gasteiger partial charge in [0.2, 0.25) is 0 Å². The van der Waals surface area contributed by atoms with Crippen molar-refractivity contribution >= 4 is 15.6 Å². The molecule has 0 heterocycles. The van der Waals surface area contributed by atoms with Gasteiger partial charge in [0.05, 0.1) is 9.71 Å². The van der Waals surface area contributed by atoms with Gasteiger partial charge >= 0.3 is 0 Å². The summed E-state index contributed by atoms with van der Waals surface area (Å²) >= 11 is 0. The standard InChI is InChI=1S/C13H20N2OS/c1-4-5-11-14-12(2)15-17(3,16)13-9-7-6-8-10-13/h6-10,14H,2-5,11H2,1H3,(H,15,16). The second-order valence-corrected chi connectivity index (χ2v) is 5.88. The van der Waals surface area contributed by atoms with E-state index in [0.717, 1.165) is 19.4 Å². The van der Waals surface area contributed by atoms with Gasteiger partial charge < -0.3 is 5.32 Å². The van der Waals surface area contributed by atoms with Crippen LogP contribution in [0.3, 0.4) is 0 Å². The third-order valence-corrected chi connectivity index (χ3v) is 3.89. The fourth-order valence-electron chi connectivity index (χ4n) is 1.35. The van der Waals surface area contributed by atoms with Crippen molar-refractivity contribution in [2.24, 2.45) is 0 Å². The highest BCUT2D eigenvalue weighted by Gasteiger charge is 2.06. The summed E-state index contributed by atoms with van der Waals surface area (Å²) in [5, 5.41) is 3.08.